The molecule has 0 aromatic heterocycles. The van der Waals surface area contributed by atoms with E-state index in [0.29, 0.717) is 12.5 Å². The van der Waals surface area contributed by atoms with Crippen LogP contribution in [-0.4, -0.2) is 42.4 Å². The Morgan fingerprint density at radius 3 is 2.70 bits per heavy atom. The van der Waals surface area contributed by atoms with Gasteiger partial charge in [-0.05, 0) is 50.5 Å². The average Bonchev–Trinajstić information content (AvgIpc) is 3.00. The highest BCUT2D eigenvalue weighted by Crippen LogP contribution is 2.48. The molecule has 2 saturated carbocycles. The summed E-state index contributed by atoms with van der Waals surface area (Å²) < 4.78 is 0. The van der Waals surface area contributed by atoms with Crippen LogP contribution in [0, 0.1) is 17.8 Å². The highest BCUT2D eigenvalue weighted by atomic mass is 16.2. The van der Waals surface area contributed by atoms with Gasteiger partial charge in [-0.3, -0.25) is 14.5 Å². The molecule has 3 aliphatic rings. The zero-order valence-corrected chi connectivity index (χ0v) is 12.0. The monoisotopic (exact) mass is 279 g/mol. The molecule has 20 heavy (non-hydrogen) atoms. The minimum absolute atomic E-state index is 0.190. The number of primary amides is 1. The van der Waals surface area contributed by atoms with Gasteiger partial charge in [0.1, 0.15) is 0 Å². The minimum atomic E-state index is -0.287. The normalized spacial score (nSPS) is 37.0. The van der Waals surface area contributed by atoms with Gasteiger partial charge in [-0.25, -0.2) is 0 Å². The summed E-state index contributed by atoms with van der Waals surface area (Å²) in [4.78, 5) is 25.4. The van der Waals surface area contributed by atoms with Crippen LogP contribution in [0.1, 0.15) is 38.5 Å². The van der Waals surface area contributed by atoms with Crippen molar-refractivity contribution in [3.05, 3.63) is 0 Å². The quantitative estimate of drug-likeness (QED) is 0.786. The van der Waals surface area contributed by atoms with Gasteiger partial charge in [0.05, 0.1) is 6.54 Å². The van der Waals surface area contributed by atoms with Crippen molar-refractivity contribution >= 4 is 11.8 Å². The molecule has 2 aliphatic carbocycles. The number of fused-ring (bicyclic) bond motifs is 2. The van der Waals surface area contributed by atoms with Crippen LogP contribution in [0.5, 0.6) is 0 Å². The predicted octanol–water partition coefficient (Wildman–Crippen LogP) is 0.488. The lowest BCUT2D eigenvalue weighted by atomic mass is 9.88. The van der Waals surface area contributed by atoms with Crippen molar-refractivity contribution in [2.45, 2.75) is 44.6 Å². The van der Waals surface area contributed by atoms with Crippen LogP contribution in [0.4, 0.5) is 0 Å². The Kier molecular flexibility index (Phi) is 3.96. The number of carbonyl (C=O) groups is 2. The maximum Gasteiger partial charge on any atom is 0.231 e. The zero-order valence-electron chi connectivity index (χ0n) is 12.0. The molecule has 1 saturated heterocycles. The van der Waals surface area contributed by atoms with Crippen molar-refractivity contribution in [1.29, 1.82) is 0 Å². The average molecular weight is 279 g/mol. The van der Waals surface area contributed by atoms with E-state index in [-0.39, 0.29) is 23.8 Å². The summed E-state index contributed by atoms with van der Waals surface area (Å²) in [5.41, 5.74) is 5.24. The standard InChI is InChI=1S/C15H25N3O2/c16-14(19)9-18-5-1-2-12(8-18)17-15(20)13-7-10-3-4-11(13)6-10/h10-13H,1-9H2,(H2,16,19)(H,17,20)/t10-,11-,12-,13+/m0/s1. The van der Waals surface area contributed by atoms with Crippen LogP contribution in [0.15, 0.2) is 0 Å². The molecular weight excluding hydrogens is 254 g/mol. The number of nitrogens with zero attached hydrogens (tertiary/aromatic N) is 1. The largest absolute Gasteiger partial charge is 0.369 e. The van der Waals surface area contributed by atoms with E-state index < -0.39 is 0 Å². The second-order valence-electron chi connectivity index (χ2n) is 6.83. The van der Waals surface area contributed by atoms with Crippen LogP contribution < -0.4 is 11.1 Å². The van der Waals surface area contributed by atoms with Crippen molar-refractivity contribution in [3.8, 4) is 0 Å². The van der Waals surface area contributed by atoms with Gasteiger partial charge in [-0.15, -0.1) is 0 Å². The molecular formula is C15H25N3O2. The Morgan fingerprint density at radius 2 is 2.05 bits per heavy atom. The summed E-state index contributed by atoms with van der Waals surface area (Å²) in [5.74, 6) is 1.65. The molecule has 3 fully saturated rings. The number of nitrogens with one attached hydrogen (secondary N) is 1. The predicted molar refractivity (Wildman–Crippen MR) is 75.7 cm³/mol. The van der Waals surface area contributed by atoms with Crippen LogP contribution in [-0.2, 0) is 9.59 Å². The van der Waals surface area contributed by atoms with Crippen molar-refractivity contribution in [2.75, 3.05) is 19.6 Å². The summed E-state index contributed by atoms with van der Waals surface area (Å²) in [6, 6.07) is 0.190. The van der Waals surface area contributed by atoms with Gasteiger partial charge < -0.3 is 11.1 Å². The van der Waals surface area contributed by atoms with Crippen LogP contribution in [0.3, 0.4) is 0 Å². The molecule has 5 heteroatoms. The van der Waals surface area contributed by atoms with Crippen molar-refractivity contribution in [1.82, 2.24) is 10.2 Å². The fraction of sp³-hybridized carbons (Fsp3) is 0.867. The van der Waals surface area contributed by atoms with E-state index >= 15 is 0 Å². The number of hydrogen-bond donors (Lipinski definition) is 2. The highest BCUT2D eigenvalue weighted by Gasteiger charge is 2.43. The molecule has 4 atom stereocenters. The van der Waals surface area contributed by atoms with E-state index in [9.17, 15) is 9.59 Å². The fourth-order valence-corrected chi connectivity index (χ4v) is 4.41. The lowest BCUT2D eigenvalue weighted by Crippen LogP contribution is -2.51. The smallest absolute Gasteiger partial charge is 0.231 e. The Hall–Kier alpha value is -1.10. The number of piperidine rings is 1. The van der Waals surface area contributed by atoms with E-state index in [2.05, 4.69) is 10.2 Å². The third kappa shape index (κ3) is 2.97. The molecule has 112 valence electrons. The van der Waals surface area contributed by atoms with Gasteiger partial charge in [-0.1, -0.05) is 6.42 Å². The summed E-state index contributed by atoms with van der Waals surface area (Å²) >= 11 is 0. The number of hydrogen-bond acceptors (Lipinski definition) is 3. The van der Waals surface area contributed by atoms with Crippen LogP contribution in [0.2, 0.25) is 0 Å². The van der Waals surface area contributed by atoms with Crippen molar-refractivity contribution in [3.63, 3.8) is 0 Å². The van der Waals surface area contributed by atoms with Crippen LogP contribution in [0.25, 0.3) is 0 Å². The maximum absolute atomic E-state index is 12.4. The van der Waals surface area contributed by atoms with Gasteiger partial charge >= 0.3 is 0 Å². The molecule has 5 nitrogen and oxygen atoms in total. The molecule has 1 heterocycles. The molecule has 0 aromatic carbocycles. The van der Waals surface area contributed by atoms with E-state index in [4.69, 9.17) is 5.73 Å². The van der Waals surface area contributed by atoms with E-state index in [1.807, 2.05) is 0 Å². The SMILES string of the molecule is NC(=O)CN1CCC[C@H](NC(=O)[C@@H]2C[C@H]3CC[C@H]2C3)C1. The van der Waals surface area contributed by atoms with Crippen LogP contribution >= 0.6 is 0 Å². The van der Waals surface area contributed by atoms with Gasteiger partial charge in [-0.2, -0.15) is 0 Å². The van der Waals surface area contributed by atoms with E-state index in [1.165, 1.54) is 19.3 Å². The Labute approximate surface area is 120 Å². The molecule has 0 spiro atoms. The number of likely N-dealkylation sites (tertiary alicyclic amines) is 1. The maximum atomic E-state index is 12.4. The molecule has 3 N–H and O–H groups in total. The molecule has 0 unspecified atom stereocenters. The van der Waals surface area contributed by atoms with E-state index in [1.54, 1.807) is 0 Å². The highest BCUT2D eigenvalue weighted by molar-refractivity contribution is 5.80. The molecule has 2 amide bonds. The van der Waals surface area contributed by atoms with Gasteiger partial charge in [0.2, 0.25) is 11.8 Å². The summed E-state index contributed by atoms with van der Waals surface area (Å²) in [5, 5.41) is 3.22. The summed E-state index contributed by atoms with van der Waals surface area (Å²) in [6.07, 6.45) is 6.95. The summed E-state index contributed by atoms with van der Waals surface area (Å²) in [6.45, 7) is 1.97. The third-order valence-electron chi connectivity index (χ3n) is 5.31. The molecule has 3 rings (SSSR count). The molecule has 1 aliphatic heterocycles. The lowest BCUT2D eigenvalue weighted by Gasteiger charge is -2.33. The first-order chi connectivity index (χ1) is 9.61. The molecule has 0 aromatic rings. The Morgan fingerprint density at radius 1 is 1.20 bits per heavy atom. The van der Waals surface area contributed by atoms with Crippen molar-refractivity contribution < 1.29 is 9.59 Å². The Bertz CT molecular complexity index is 399. The molecule has 0 radical (unpaired) electrons. The minimum Gasteiger partial charge on any atom is -0.369 e. The number of rotatable bonds is 4. The third-order valence-corrected chi connectivity index (χ3v) is 5.31. The number of amides is 2. The first-order valence-corrected chi connectivity index (χ1v) is 7.93. The number of carbonyl (C=O) groups excluding carboxylic acids is 2. The zero-order chi connectivity index (χ0) is 14.1. The second-order valence-corrected chi connectivity index (χ2v) is 6.83. The first-order valence-electron chi connectivity index (χ1n) is 7.93. The van der Waals surface area contributed by atoms with Crippen molar-refractivity contribution in [2.24, 2.45) is 23.5 Å². The first kappa shape index (κ1) is 13.9. The van der Waals surface area contributed by atoms with Gasteiger partial charge in [0, 0.05) is 18.5 Å². The van der Waals surface area contributed by atoms with E-state index in [0.717, 1.165) is 38.3 Å². The number of nitrogens with two attached hydrogens (primary N) is 1. The Balaban J connectivity index is 1.49. The summed E-state index contributed by atoms with van der Waals surface area (Å²) in [7, 11) is 0. The van der Waals surface area contributed by atoms with Gasteiger partial charge in [0.15, 0.2) is 0 Å². The fourth-order valence-electron chi connectivity index (χ4n) is 4.41. The van der Waals surface area contributed by atoms with Gasteiger partial charge in [0.25, 0.3) is 0 Å². The topological polar surface area (TPSA) is 75.4 Å². The lowest BCUT2D eigenvalue weighted by molar-refractivity contribution is -0.127. The second kappa shape index (κ2) is 5.72. The molecule has 2 bridgehead atoms.